The molecule has 1 aromatic carbocycles. The summed E-state index contributed by atoms with van der Waals surface area (Å²) in [5.74, 6) is 0.874. The summed E-state index contributed by atoms with van der Waals surface area (Å²) in [5.41, 5.74) is 0.740. The average molecular weight is 386 g/mol. The number of hydrogen-bond donors (Lipinski definition) is 1. The molecule has 2 aromatic heterocycles. The third-order valence-electron chi connectivity index (χ3n) is 4.84. The van der Waals surface area contributed by atoms with E-state index in [0.717, 1.165) is 15.5 Å². The lowest BCUT2D eigenvalue weighted by Crippen LogP contribution is -2.39. The Morgan fingerprint density at radius 2 is 1.68 bits per heavy atom. The Hall–Kier alpha value is -3.49. The van der Waals surface area contributed by atoms with Gasteiger partial charge in [0.15, 0.2) is 0 Å². The Balaban J connectivity index is 1.94. The number of methoxy groups -OCH3 is 2. The van der Waals surface area contributed by atoms with Crippen molar-refractivity contribution in [2.24, 2.45) is 21.1 Å². The topological polar surface area (TPSA) is 96.5 Å². The number of hydrogen-bond acceptors (Lipinski definition) is 5. The van der Waals surface area contributed by atoms with E-state index in [1.807, 2.05) is 6.07 Å². The van der Waals surface area contributed by atoms with Crippen LogP contribution < -0.4 is 26.0 Å². The predicted octanol–water partition coefficient (Wildman–Crippen LogP) is 0.523. The molecule has 0 aliphatic heterocycles. The summed E-state index contributed by atoms with van der Waals surface area (Å²) in [5, 5.41) is 3.53. The van der Waals surface area contributed by atoms with Gasteiger partial charge in [0.25, 0.3) is 11.5 Å². The van der Waals surface area contributed by atoms with E-state index in [1.165, 1.54) is 17.7 Å². The smallest absolute Gasteiger partial charge is 0.330 e. The molecule has 148 valence electrons. The summed E-state index contributed by atoms with van der Waals surface area (Å²) in [4.78, 5) is 36.6. The van der Waals surface area contributed by atoms with Crippen LogP contribution in [0.5, 0.6) is 11.5 Å². The molecule has 1 N–H and O–H groups in total. The Morgan fingerprint density at radius 3 is 2.32 bits per heavy atom. The van der Waals surface area contributed by atoms with Crippen LogP contribution in [0.25, 0.3) is 10.9 Å². The third-order valence-corrected chi connectivity index (χ3v) is 4.84. The van der Waals surface area contributed by atoms with Crippen molar-refractivity contribution in [2.75, 3.05) is 14.2 Å². The van der Waals surface area contributed by atoms with Crippen LogP contribution in [0.2, 0.25) is 0 Å². The SMILES string of the molecule is COc1cc(OC)c2cc(C(=O)NCc3cc(=O)n(C)c(=O)n3C)n(C)c2c1. The molecule has 9 nitrogen and oxygen atoms in total. The summed E-state index contributed by atoms with van der Waals surface area (Å²) in [6, 6.07) is 6.63. The number of rotatable bonds is 5. The zero-order valence-electron chi connectivity index (χ0n) is 16.4. The van der Waals surface area contributed by atoms with E-state index in [0.29, 0.717) is 22.9 Å². The van der Waals surface area contributed by atoms with Crippen LogP contribution in [0.3, 0.4) is 0 Å². The molecule has 2 heterocycles. The van der Waals surface area contributed by atoms with Gasteiger partial charge in [-0.25, -0.2) is 4.79 Å². The quantitative estimate of drug-likeness (QED) is 0.690. The highest BCUT2D eigenvalue weighted by Crippen LogP contribution is 2.33. The first-order valence-corrected chi connectivity index (χ1v) is 8.54. The van der Waals surface area contributed by atoms with Crippen LogP contribution in [-0.2, 0) is 27.7 Å². The van der Waals surface area contributed by atoms with Crippen molar-refractivity contribution in [3.63, 3.8) is 0 Å². The molecule has 1 amide bonds. The Morgan fingerprint density at radius 1 is 0.964 bits per heavy atom. The predicted molar refractivity (Wildman–Crippen MR) is 104 cm³/mol. The van der Waals surface area contributed by atoms with Gasteiger partial charge in [0, 0.05) is 50.4 Å². The number of amides is 1. The minimum Gasteiger partial charge on any atom is -0.497 e. The molecule has 3 aromatic rings. The van der Waals surface area contributed by atoms with Crippen molar-refractivity contribution in [3.05, 3.63) is 56.5 Å². The molecule has 28 heavy (non-hydrogen) atoms. The molecular weight excluding hydrogens is 364 g/mol. The van der Waals surface area contributed by atoms with Gasteiger partial charge in [0.1, 0.15) is 17.2 Å². The highest BCUT2D eigenvalue weighted by molar-refractivity contribution is 6.00. The zero-order valence-corrected chi connectivity index (χ0v) is 16.4. The number of carbonyl (C=O) groups is 1. The van der Waals surface area contributed by atoms with Crippen LogP contribution in [0.15, 0.2) is 33.9 Å². The number of benzene rings is 1. The fourth-order valence-electron chi connectivity index (χ4n) is 3.09. The van der Waals surface area contributed by atoms with E-state index >= 15 is 0 Å². The molecule has 0 radical (unpaired) electrons. The van der Waals surface area contributed by atoms with E-state index in [-0.39, 0.29) is 12.5 Å². The second kappa shape index (κ2) is 7.26. The molecule has 0 saturated heterocycles. The number of ether oxygens (including phenoxy) is 2. The lowest BCUT2D eigenvalue weighted by molar-refractivity contribution is 0.0942. The number of aryl methyl sites for hydroxylation is 1. The first-order chi connectivity index (χ1) is 13.3. The third kappa shape index (κ3) is 3.15. The molecule has 0 spiro atoms. The normalized spacial score (nSPS) is 10.9. The fraction of sp³-hybridized carbons (Fsp3) is 0.316. The molecule has 0 fully saturated rings. The molecule has 0 bridgehead atoms. The lowest BCUT2D eigenvalue weighted by Gasteiger charge is -2.11. The second-order valence-corrected chi connectivity index (χ2v) is 6.41. The van der Waals surface area contributed by atoms with Gasteiger partial charge in [-0.2, -0.15) is 0 Å². The largest absolute Gasteiger partial charge is 0.497 e. The van der Waals surface area contributed by atoms with Crippen LogP contribution in [0.1, 0.15) is 16.2 Å². The maximum atomic E-state index is 12.7. The Labute approximate surface area is 160 Å². The van der Waals surface area contributed by atoms with Crippen LogP contribution in [0, 0.1) is 0 Å². The Bertz CT molecular complexity index is 1190. The van der Waals surface area contributed by atoms with Crippen molar-refractivity contribution < 1.29 is 14.3 Å². The van der Waals surface area contributed by atoms with E-state index in [4.69, 9.17) is 9.47 Å². The molecule has 0 aliphatic carbocycles. The zero-order chi connectivity index (χ0) is 20.6. The number of carbonyl (C=O) groups excluding carboxylic acids is 1. The molecule has 9 heteroatoms. The molecule has 0 atom stereocenters. The van der Waals surface area contributed by atoms with Crippen molar-refractivity contribution >= 4 is 16.8 Å². The van der Waals surface area contributed by atoms with E-state index < -0.39 is 11.2 Å². The van der Waals surface area contributed by atoms with E-state index in [2.05, 4.69) is 5.32 Å². The lowest BCUT2D eigenvalue weighted by atomic mass is 10.2. The molecular formula is C19H22N4O5. The van der Waals surface area contributed by atoms with Crippen LogP contribution in [0.4, 0.5) is 0 Å². The van der Waals surface area contributed by atoms with Gasteiger partial charge >= 0.3 is 5.69 Å². The van der Waals surface area contributed by atoms with Gasteiger partial charge in [-0.15, -0.1) is 0 Å². The van der Waals surface area contributed by atoms with E-state index in [1.54, 1.807) is 45.0 Å². The van der Waals surface area contributed by atoms with Crippen LogP contribution in [-0.4, -0.2) is 33.8 Å². The summed E-state index contributed by atoms with van der Waals surface area (Å²) in [7, 11) is 7.84. The molecule has 0 aliphatic rings. The van der Waals surface area contributed by atoms with Crippen molar-refractivity contribution in [3.8, 4) is 11.5 Å². The number of aromatic nitrogens is 3. The first-order valence-electron chi connectivity index (χ1n) is 8.54. The molecule has 0 unspecified atom stereocenters. The highest BCUT2D eigenvalue weighted by atomic mass is 16.5. The number of nitrogens with one attached hydrogen (secondary N) is 1. The Kier molecular flexibility index (Phi) is 5.00. The van der Waals surface area contributed by atoms with Crippen LogP contribution >= 0.6 is 0 Å². The van der Waals surface area contributed by atoms with Gasteiger partial charge < -0.3 is 19.4 Å². The fourth-order valence-corrected chi connectivity index (χ4v) is 3.09. The minimum absolute atomic E-state index is 0.0443. The summed E-state index contributed by atoms with van der Waals surface area (Å²) in [6.07, 6.45) is 0. The number of nitrogens with zero attached hydrogens (tertiary/aromatic N) is 3. The number of fused-ring (bicyclic) bond motifs is 1. The molecule has 0 saturated carbocycles. The van der Waals surface area contributed by atoms with E-state index in [9.17, 15) is 14.4 Å². The summed E-state index contributed by atoms with van der Waals surface area (Å²) in [6.45, 7) is 0.0443. The van der Waals surface area contributed by atoms with Crippen molar-refractivity contribution in [1.82, 2.24) is 19.0 Å². The van der Waals surface area contributed by atoms with Gasteiger partial charge in [0.2, 0.25) is 0 Å². The first kappa shape index (κ1) is 19.3. The standard InChI is InChI=1S/C19H22N4O5/c1-21-11(6-17(24)23(3)19(21)26)10-20-18(25)15-9-13-14(22(15)2)7-12(27-4)8-16(13)28-5/h6-9H,10H2,1-5H3,(H,20,25). The summed E-state index contributed by atoms with van der Waals surface area (Å²) < 4.78 is 14.8. The molecule has 3 rings (SSSR count). The second-order valence-electron chi connectivity index (χ2n) is 6.41. The minimum atomic E-state index is -0.446. The monoisotopic (exact) mass is 386 g/mol. The van der Waals surface area contributed by atoms with Gasteiger partial charge in [-0.1, -0.05) is 0 Å². The van der Waals surface area contributed by atoms with Crippen molar-refractivity contribution in [1.29, 1.82) is 0 Å². The van der Waals surface area contributed by atoms with Gasteiger partial charge in [0.05, 0.1) is 26.3 Å². The maximum absolute atomic E-state index is 12.7. The maximum Gasteiger partial charge on any atom is 0.330 e. The van der Waals surface area contributed by atoms with Crippen molar-refractivity contribution in [2.45, 2.75) is 6.54 Å². The highest BCUT2D eigenvalue weighted by Gasteiger charge is 2.17. The van der Waals surface area contributed by atoms with Gasteiger partial charge in [-0.05, 0) is 6.07 Å². The summed E-state index contributed by atoms with van der Waals surface area (Å²) >= 11 is 0. The van der Waals surface area contributed by atoms with Gasteiger partial charge in [-0.3, -0.25) is 18.7 Å². The average Bonchev–Trinajstić information content (AvgIpc) is 3.03.